The Balaban J connectivity index is 0.000000172. The van der Waals surface area contributed by atoms with E-state index in [0.717, 1.165) is 88.0 Å². The number of benzene rings is 10. The number of carbonyl (C=O) groups is 3. The van der Waals surface area contributed by atoms with Gasteiger partial charge in [-0.15, -0.1) is 0 Å². The monoisotopic (exact) mass is 1570 g/mol. The number of phenols is 2. The zero-order valence-electron chi connectivity index (χ0n) is 58.7. The van der Waals surface area contributed by atoms with Crippen LogP contribution in [-0.2, 0) is 50.7 Å². The van der Waals surface area contributed by atoms with Crippen LogP contribution >= 0.6 is 47.6 Å². The van der Waals surface area contributed by atoms with Gasteiger partial charge >= 0.3 is 17.9 Å². The Morgan fingerprint density at radius 2 is 1.16 bits per heavy atom. The second-order valence-corrected chi connectivity index (χ2v) is 29.9. The number of halogens is 2. The molecular formula is C82H76Cl2N4O16S4. The highest BCUT2D eigenvalue weighted by molar-refractivity contribution is 7.86. The minimum atomic E-state index is -4.61. The van der Waals surface area contributed by atoms with Gasteiger partial charge in [0.1, 0.15) is 21.3 Å². The number of nitro benzene ring substituents is 1. The third kappa shape index (κ3) is 22.7. The van der Waals surface area contributed by atoms with Gasteiger partial charge in [0, 0.05) is 36.3 Å². The summed E-state index contributed by atoms with van der Waals surface area (Å²) in [6.45, 7) is 6.85. The van der Waals surface area contributed by atoms with Crippen LogP contribution in [0.5, 0.6) is 11.5 Å². The molecule has 10 aromatic carbocycles. The number of anilines is 1. The lowest BCUT2D eigenvalue weighted by Crippen LogP contribution is -2.26. The number of nitrogens with zero attached hydrogens (tertiary/aromatic N) is 3. The maximum absolute atomic E-state index is 11.6. The fourth-order valence-corrected chi connectivity index (χ4v) is 15.2. The summed E-state index contributed by atoms with van der Waals surface area (Å²) in [5.74, 6) is -1.72. The van der Waals surface area contributed by atoms with Crippen molar-refractivity contribution in [3.05, 3.63) is 269 Å². The molecule has 2 aliphatic carbocycles. The van der Waals surface area contributed by atoms with Crippen LogP contribution in [0.4, 0.5) is 22.7 Å². The van der Waals surface area contributed by atoms with Crippen LogP contribution in [0.2, 0.25) is 10.0 Å². The van der Waals surface area contributed by atoms with Crippen molar-refractivity contribution >= 4 is 165 Å². The van der Waals surface area contributed by atoms with E-state index in [1.165, 1.54) is 90.9 Å². The number of carboxylic acids is 3. The van der Waals surface area contributed by atoms with Crippen molar-refractivity contribution in [2.75, 3.05) is 11.9 Å². The van der Waals surface area contributed by atoms with Crippen LogP contribution in [0.1, 0.15) is 136 Å². The highest BCUT2D eigenvalue weighted by atomic mass is 35.5. The quantitative estimate of drug-likeness (QED) is 0.00484. The molecule has 12 rings (SSSR count). The van der Waals surface area contributed by atoms with Gasteiger partial charge in [-0.3, -0.25) is 24.0 Å². The third-order valence-corrected chi connectivity index (χ3v) is 21.1. The Morgan fingerprint density at radius 1 is 0.639 bits per heavy atom. The Bertz CT molecular complexity index is 5220. The number of isothiocyanates is 2. The Labute approximate surface area is 645 Å². The van der Waals surface area contributed by atoms with E-state index >= 15 is 0 Å². The first-order chi connectivity index (χ1) is 51.4. The van der Waals surface area contributed by atoms with Crippen LogP contribution in [0.15, 0.2) is 208 Å². The molecule has 1 saturated carbocycles. The maximum atomic E-state index is 11.6. The van der Waals surface area contributed by atoms with E-state index < -0.39 is 52.9 Å². The molecule has 0 amide bonds. The standard InChI is InChI=1S/C18H22Cl2O2.C17H18O2.C16H10N2O6S4.C16H16N2O4.C15H10O2/c1-18(13-4-2-3-5-13)9-12-8-11(6-7-15(21)22)16(19)17(20)14(12)10-18;1-12(2)17-15(18)10-14(11-16(17)19)9-8-13-6-4-3-5-7-13;19-27(20,21)15-7-13(17-9-25)5-3-11(15)1-2-12-4-6-14(18-10-26)8-16(12)28(22,23)24;19-16(20)14-11-13(18(21)22)8-9-15(14)17-10-4-7-12-5-2-1-3-6-12;16-15(17)14-12-7-3-1-5-10(12)9-11-6-2-4-8-13(11)14/h8,13H,2-7,9-10H2,1H3,(H,21,22);3-12,18-19H,1-2H3;1-8H,(H,19,20,21)(H,22,23,24);1-3,5-6,8-9,11,17H,4,7,10H2,(H,19,20);1-9H,(H,16,17)/b;9-8+;2-1+;;. The largest absolute Gasteiger partial charge is 0.507 e. The zero-order chi connectivity index (χ0) is 78.5. The molecule has 0 heterocycles. The molecular weight excluding hydrogens is 1500 g/mol. The van der Waals surface area contributed by atoms with Crippen molar-refractivity contribution in [2.45, 2.75) is 101 Å². The molecule has 0 spiro atoms. The Morgan fingerprint density at radius 3 is 1.65 bits per heavy atom. The van der Waals surface area contributed by atoms with E-state index in [9.17, 15) is 65.8 Å². The number of carboxylic acid groups (broad SMARTS) is 3. The van der Waals surface area contributed by atoms with E-state index in [-0.39, 0.29) is 63.0 Å². The summed E-state index contributed by atoms with van der Waals surface area (Å²) < 4.78 is 65.4. The van der Waals surface area contributed by atoms with E-state index in [2.05, 4.69) is 63.0 Å². The summed E-state index contributed by atoms with van der Waals surface area (Å²) in [6, 6.07) is 54.0. The number of aliphatic imine (C=N–C) groups is 2. The number of aryl methyl sites for hydroxylation is 2. The molecule has 2 aliphatic rings. The maximum Gasteiger partial charge on any atom is 0.338 e. The average Bonchev–Trinajstić information content (AvgIpc) is 1.56. The van der Waals surface area contributed by atoms with Crippen molar-refractivity contribution < 1.29 is 70.8 Å². The van der Waals surface area contributed by atoms with Gasteiger partial charge in [0.25, 0.3) is 25.9 Å². The number of nitrogens with one attached hydrogen (secondary N) is 1. The number of hydrogen-bond donors (Lipinski definition) is 8. The molecule has 0 aromatic heterocycles. The molecule has 1 fully saturated rings. The molecule has 558 valence electrons. The van der Waals surface area contributed by atoms with E-state index in [1.807, 2.05) is 141 Å². The number of aromatic hydroxyl groups is 2. The van der Waals surface area contributed by atoms with E-state index in [4.69, 9.17) is 33.4 Å². The SMILES string of the molecule is CC(C)c1c(O)cc(/C=C/c2ccccc2)cc1O.CC1(C2CCCC2)Cc2cc(CCC(=O)O)c(Cl)c(Cl)c2C1.O=C(O)c1c2ccccc2cc2ccccc12.O=C(O)c1cc([N+](=O)[O-])ccc1NCCCc1ccccc1.O=S(=O)(O)c1cc(N=C=S)ccc1/C=C/c1ccc(N=C=S)cc1S(=O)(=O)O. The smallest absolute Gasteiger partial charge is 0.338 e. The summed E-state index contributed by atoms with van der Waals surface area (Å²) in [7, 11) is -9.21. The minimum absolute atomic E-state index is 0.0492. The van der Waals surface area contributed by atoms with Crippen LogP contribution < -0.4 is 5.32 Å². The summed E-state index contributed by atoms with van der Waals surface area (Å²) in [4.78, 5) is 49.9. The van der Waals surface area contributed by atoms with Gasteiger partial charge in [-0.05, 0) is 201 Å². The molecule has 10 aromatic rings. The predicted molar refractivity (Wildman–Crippen MR) is 432 cm³/mol. The van der Waals surface area contributed by atoms with Gasteiger partial charge in [-0.1, -0.05) is 209 Å². The zero-order valence-corrected chi connectivity index (χ0v) is 63.5. The molecule has 0 aliphatic heterocycles. The topological polar surface area (TPSA) is 341 Å². The normalized spacial score (nSPS) is 13.8. The van der Waals surface area contributed by atoms with Gasteiger partial charge in [0.15, 0.2) is 0 Å². The fourth-order valence-electron chi connectivity index (χ4n) is 13.0. The van der Waals surface area contributed by atoms with Crippen molar-refractivity contribution in [1.29, 1.82) is 0 Å². The Kier molecular flexibility index (Phi) is 29.4. The van der Waals surface area contributed by atoms with Crippen LogP contribution in [-0.4, -0.2) is 91.2 Å². The minimum Gasteiger partial charge on any atom is -0.507 e. The molecule has 1 unspecified atom stereocenters. The number of aliphatic carboxylic acids is 1. The van der Waals surface area contributed by atoms with E-state index in [1.54, 1.807) is 12.1 Å². The number of rotatable bonds is 21. The second kappa shape index (κ2) is 38.3. The van der Waals surface area contributed by atoms with Gasteiger partial charge in [-0.2, -0.15) is 26.8 Å². The first kappa shape index (κ1) is 83.1. The molecule has 8 N–H and O–H groups in total. The van der Waals surface area contributed by atoms with Crippen molar-refractivity contribution in [3.8, 4) is 11.5 Å². The Hall–Kier alpha value is -10.6. The summed E-state index contributed by atoms with van der Waals surface area (Å²) in [5, 5.41) is 69.9. The summed E-state index contributed by atoms with van der Waals surface area (Å²) >= 11 is 21.8. The molecule has 0 radical (unpaired) electrons. The number of nitro groups is 1. The first-order valence-corrected chi connectivity index (χ1v) is 38.3. The van der Waals surface area contributed by atoms with Crippen molar-refractivity contribution in [3.63, 3.8) is 0 Å². The lowest BCUT2D eigenvalue weighted by Gasteiger charge is -2.31. The lowest BCUT2D eigenvalue weighted by molar-refractivity contribution is -0.384. The summed E-state index contributed by atoms with van der Waals surface area (Å²) in [5.41, 5.74) is 8.18. The van der Waals surface area contributed by atoms with Crippen LogP contribution in [0.25, 0.3) is 45.8 Å². The molecule has 0 saturated heterocycles. The molecule has 20 nitrogen and oxygen atoms in total. The number of phenolic OH excluding ortho intramolecular Hbond substituents is 2. The van der Waals surface area contributed by atoms with Crippen LogP contribution in [0.3, 0.4) is 0 Å². The molecule has 1 atom stereocenters. The highest BCUT2D eigenvalue weighted by Crippen LogP contribution is 2.52. The number of non-ortho nitro benzene ring substituents is 1. The third-order valence-electron chi connectivity index (χ3n) is 18.2. The summed E-state index contributed by atoms with van der Waals surface area (Å²) in [6.07, 6.45) is 15.9. The van der Waals surface area contributed by atoms with Crippen molar-refractivity contribution in [1.82, 2.24) is 0 Å². The fraction of sp³-hybridized carbons (Fsp3) is 0.207. The number of hydrogen-bond acceptors (Lipinski definition) is 16. The number of thiocarbonyl (C=S) groups is 2. The molecule has 26 heteroatoms. The van der Waals surface area contributed by atoms with Crippen LogP contribution in [0, 0.1) is 21.4 Å². The van der Waals surface area contributed by atoms with Crippen molar-refractivity contribution in [2.24, 2.45) is 21.3 Å². The first-order valence-electron chi connectivity index (χ1n) is 33.9. The molecule has 108 heavy (non-hydrogen) atoms. The lowest BCUT2D eigenvalue weighted by atomic mass is 9.74. The average molecular weight is 1570 g/mol. The number of aromatic carboxylic acids is 2. The van der Waals surface area contributed by atoms with Gasteiger partial charge < -0.3 is 30.8 Å². The van der Waals surface area contributed by atoms with Gasteiger partial charge in [0.2, 0.25) is 0 Å². The molecule has 0 bridgehead atoms. The highest BCUT2D eigenvalue weighted by Gasteiger charge is 2.42. The van der Waals surface area contributed by atoms with E-state index in [0.29, 0.717) is 39.8 Å². The second-order valence-electron chi connectivity index (χ2n) is 26.0. The number of fused-ring (bicyclic) bond motifs is 3. The predicted octanol–water partition coefficient (Wildman–Crippen LogP) is 20.5. The van der Waals surface area contributed by atoms with Gasteiger partial charge in [0.05, 0.1) is 47.8 Å². The van der Waals surface area contributed by atoms with Gasteiger partial charge in [-0.25, -0.2) is 9.59 Å².